The number of piperidine rings is 1. The van der Waals surface area contributed by atoms with Crippen molar-refractivity contribution >= 4 is 29.1 Å². The van der Waals surface area contributed by atoms with Gasteiger partial charge in [-0.15, -0.1) is 0 Å². The number of carbonyl (C=O) groups excluding carboxylic acids is 2. The van der Waals surface area contributed by atoms with E-state index in [4.69, 9.17) is 16.3 Å². The Balaban J connectivity index is 1.46. The first-order valence-electron chi connectivity index (χ1n) is 12.0. The fourth-order valence-corrected chi connectivity index (χ4v) is 5.14. The summed E-state index contributed by atoms with van der Waals surface area (Å²) in [4.78, 5) is 31.5. The summed E-state index contributed by atoms with van der Waals surface area (Å²) in [5.74, 6) is 1.18. The van der Waals surface area contributed by atoms with Crippen LogP contribution in [-0.4, -0.2) is 68.0 Å². The second-order valence-electron chi connectivity index (χ2n) is 9.73. The van der Waals surface area contributed by atoms with E-state index in [1.165, 1.54) is 5.56 Å². The van der Waals surface area contributed by atoms with Crippen molar-refractivity contribution in [3.8, 4) is 5.75 Å². The maximum Gasteiger partial charge on any atom is 0.241 e. The molecule has 0 radical (unpaired) electrons. The van der Waals surface area contributed by atoms with Crippen molar-refractivity contribution in [3.05, 3.63) is 58.6 Å². The predicted octanol–water partition coefficient (Wildman–Crippen LogP) is 4.53. The Bertz CT molecular complexity index is 1050. The lowest BCUT2D eigenvalue weighted by Crippen LogP contribution is -2.42. The molecule has 0 N–H and O–H groups in total. The summed E-state index contributed by atoms with van der Waals surface area (Å²) in [5.41, 5.74) is 3.08. The molecule has 1 atom stereocenters. The smallest absolute Gasteiger partial charge is 0.241 e. The number of likely N-dealkylation sites (N-methyl/N-ethyl adjacent to an activating group) is 1. The van der Waals surface area contributed by atoms with E-state index in [9.17, 15) is 9.59 Å². The van der Waals surface area contributed by atoms with E-state index in [0.29, 0.717) is 17.5 Å². The zero-order chi connectivity index (χ0) is 24.4. The van der Waals surface area contributed by atoms with Gasteiger partial charge in [-0.05, 0) is 61.9 Å². The lowest BCUT2D eigenvalue weighted by molar-refractivity contribution is -0.133. The summed E-state index contributed by atoms with van der Waals surface area (Å²) in [6.07, 6.45) is 1.95. The molecule has 2 heterocycles. The lowest BCUT2D eigenvalue weighted by atomic mass is 9.88. The van der Waals surface area contributed by atoms with Gasteiger partial charge in [-0.25, -0.2) is 0 Å². The van der Waals surface area contributed by atoms with Crippen molar-refractivity contribution in [2.24, 2.45) is 0 Å². The van der Waals surface area contributed by atoms with Crippen molar-refractivity contribution in [3.63, 3.8) is 0 Å². The van der Waals surface area contributed by atoms with E-state index in [2.05, 4.69) is 12.1 Å². The largest absolute Gasteiger partial charge is 0.491 e. The molecule has 2 aromatic rings. The molecular weight excluding hydrogens is 450 g/mol. The number of likely N-dealkylation sites (tertiary alicyclic amines) is 1. The van der Waals surface area contributed by atoms with E-state index in [0.717, 1.165) is 42.9 Å². The van der Waals surface area contributed by atoms with Crippen LogP contribution >= 0.6 is 11.6 Å². The van der Waals surface area contributed by atoms with Crippen LogP contribution in [0.1, 0.15) is 49.7 Å². The molecule has 4 rings (SSSR count). The Kier molecular flexibility index (Phi) is 7.36. The number of nitrogens with zero attached hydrogens (tertiary/aromatic N) is 3. The number of hydrogen-bond acceptors (Lipinski definition) is 4. The highest BCUT2D eigenvalue weighted by atomic mass is 35.5. The van der Waals surface area contributed by atoms with Gasteiger partial charge in [0.05, 0.1) is 18.6 Å². The van der Waals surface area contributed by atoms with Crippen LogP contribution in [0, 0.1) is 0 Å². The molecule has 1 unspecified atom stereocenters. The quantitative estimate of drug-likeness (QED) is 0.606. The molecule has 0 aromatic heterocycles. The van der Waals surface area contributed by atoms with Crippen molar-refractivity contribution in [1.82, 2.24) is 9.80 Å². The van der Waals surface area contributed by atoms with E-state index in [1.807, 2.05) is 54.0 Å². The highest BCUT2D eigenvalue weighted by Gasteiger charge is 2.38. The molecular formula is C27H34ClN3O3. The molecule has 7 heteroatoms. The fraction of sp³-hybridized carbons (Fsp3) is 0.481. The Hall–Kier alpha value is -2.73. The fourth-order valence-electron chi connectivity index (χ4n) is 4.98. The minimum Gasteiger partial charge on any atom is -0.491 e. The van der Waals surface area contributed by atoms with Crippen molar-refractivity contribution < 1.29 is 14.3 Å². The van der Waals surface area contributed by atoms with Gasteiger partial charge in [0.1, 0.15) is 5.75 Å². The van der Waals surface area contributed by atoms with Crippen LogP contribution in [0.25, 0.3) is 0 Å². The first-order valence-corrected chi connectivity index (χ1v) is 12.4. The number of fused-ring (bicyclic) bond motifs is 1. The molecule has 0 spiro atoms. The van der Waals surface area contributed by atoms with E-state index in [-0.39, 0.29) is 30.4 Å². The number of hydrogen-bond donors (Lipinski definition) is 0. The normalized spacial score (nSPS) is 18.2. The number of carbonyl (C=O) groups is 2. The summed E-state index contributed by atoms with van der Waals surface area (Å²) in [6, 6.07) is 13.9. The van der Waals surface area contributed by atoms with Gasteiger partial charge in [0, 0.05) is 44.4 Å². The zero-order valence-corrected chi connectivity index (χ0v) is 21.2. The van der Waals surface area contributed by atoms with Gasteiger partial charge < -0.3 is 19.4 Å². The topological polar surface area (TPSA) is 53.1 Å². The number of amides is 2. The summed E-state index contributed by atoms with van der Waals surface area (Å²) in [5, 5.41) is 0.609. The molecule has 1 saturated heterocycles. The van der Waals surface area contributed by atoms with Crippen LogP contribution < -0.4 is 9.64 Å². The molecule has 2 aromatic carbocycles. The number of para-hydroxylation sites is 1. The lowest BCUT2D eigenvalue weighted by Gasteiger charge is -2.34. The molecule has 0 saturated carbocycles. The van der Waals surface area contributed by atoms with Crippen LogP contribution in [0.15, 0.2) is 42.5 Å². The summed E-state index contributed by atoms with van der Waals surface area (Å²) >= 11 is 6.25. The second-order valence-corrected chi connectivity index (χ2v) is 10.2. The Morgan fingerprint density at radius 3 is 2.47 bits per heavy atom. The molecule has 1 fully saturated rings. The molecule has 2 amide bonds. The van der Waals surface area contributed by atoms with Gasteiger partial charge in [-0.1, -0.05) is 35.9 Å². The minimum atomic E-state index is -0.282. The molecule has 34 heavy (non-hydrogen) atoms. The van der Waals surface area contributed by atoms with E-state index < -0.39 is 0 Å². The van der Waals surface area contributed by atoms with Gasteiger partial charge in [-0.3, -0.25) is 9.59 Å². The maximum absolute atomic E-state index is 13.6. The van der Waals surface area contributed by atoms with Crippen LogP contribution in [0.5, 0.6) is 5.75 Å². The molecule has 0 aliphatic carbocycles. The third-order valence-electron chi connectivity index (χ3n) is 6.76. The average Bonchev–Trinajstić information content (AvgIpc) is 3.16. The van der Waals surface area contributed by atoms with Crippen molar-refractivity contribution in [1.29, 1.82) is 0 Å². The van der Waals surface area contributed by atoms with Gasteiger partial charge >= 0.3 is 0 Å². The van der Waals surface area contributed by atoms with Crippen molar-refractivity contribution in [2.45, 2.75) is 44.6 Å². The molecule has 2 aliphatic heterocycles. The van der Waals surface area contributed by atoms with Gasteiger partial charge in [0.15, 0.2) is 0 Å². The SMILES string of the molecule is CC(C)Oc1ccccc1C1CCN(C(=O)C2CN(CC(=O)N(C)C)c3cc(Cl)ccc32)CC1. The zero-order valence-electron chi connectivity index (χ0n) is 20.5. The summed E-state index contributed by atoms with van der Waals surface area (Å²) < 4.78 is 6.04. The number of rotatable bonds is 6. The minimum absolute atomic E-state index is 0.00196. The molecule has 0 bridgehead atoms. The highest BCUT2D eigenvalue weighted by molar-refractivity contribution is 6.31. The van der Waals surface area contributed by atoms with Gasteiger partial charge in [0.2, 0.25) is 11.8 Å². The summed E-state index contributed by atoms with van der Waals surface area (Å²) in [7, 11) is 3.49. The van der Waals surface area contributed by atoms with Gasteiger partial charge in [-0.2, -0.15) is 0 Å². The van der Waals surface area contributed by atoms with E-state index in [1.54, 1.807) is 19.0 Å². The average molecular weight is 484 g/mol. The van der Waals surface area contributed by atoms with Crippen LogP contribution in [0.4, 0.5) is 5.69 Å². The number of anilines is 1. The number of halogens is 1. The first kappa shape index (κ1) is 24.4. The van der Waals surface area contributed by atoms with Crippen LogP contribution in [-0.2, 0) is 9.59 Å². The Labute approximate surface area is 207 Å². The first-order chi connectivity index (χ1) is 16.2. The number of benzene rings is 2. The third kappa shape index (κ3) is 5.17. The molecule has 6 nitrogen and oxygen atoms in total. The Morgan fingerprint density at radius 1 is 1.09 bits per heavy atom. The van der Waals surface area contributed by atoms with E-state index >= 15 is 0 Å². The molecule has 2 aliphatic rings. The number of ether oxygens (including phenoxy) is 1. The molecule has 182 valence electrons. The predicted molar refractivity (Wildman–Crippen MR) is 136 cm³/mol. The standard InChI is InChI=1S/C27H34ClN3O3/c1-18(2)34-25-8-6-5-7-21(25)19-11-13-30(14-12-19)27(33)23-16-31(17-26(32)29(3)4)24-15-20(28)9-10-22(23)24/h5-10,15,18-19,23H,11-14,16-17H2,1-4H3. The summed E-state index contributed by atoms with van der Waals surface area (Å²) in [6.45, 7) is 6.25. The van der Waals surface area contributed by atoms with Crippen LogP contribution in [0.3, 0.4) is 0 Å². The van der Waals surface area contributed by atoms with Crippen LogP contribution in [0.2, 0.25) is 5.02 Å². The van der Waals surface area contributed by atoms with Crippen molar-refractivity contribution in [2.75, 3.05) is 45.2 Å². The highest BCUT2D eigenvalue weighted by Crippen LogP contribution is 2.40. The third-order valence-corrected chi connectivity index (χ3v) is 7.00. The Morgan fingerprint density at radius 2 is 1.79 bits per heavy atom. The monoisotopic (exact) mass is 483 g/mol. The maximum atomic E-state index is 13.6. The van der Waals surface area contributed by atoms with Gasteiger partial charge in [0.25, 0.3) is 0 Å². The second kappa shape index (κ2) is 10.3.